The van der Waals surface area contributed by atoms with Gasteiger partial charge in [-0.25, -0.2) is 4.39 Å². The topological polar surface area (TPSA) is 41.6 Å². The van der Waals surface area contributed by atoms with Crippen LogP contribution in [0.25, 0.3) is 0 Å². The highest BCUT2D eigenvalue weighted by molar-refractivity contribution is 5.76. The maximum Gasteiger partial charge on any atom is 0.220 e. The van der Waals surface area contributed by atoms with Crippen LogP contribution in [-0.2, 0) is 4.79 Å². The van der Waals surface area contributed by atoms with Gasteiger partial charge in [-0.05, 0) is 55.4 Å². The summed E-state index contributed by atoms with van der Waals surface area (Å²) in [5.74, 6) is 0.568. The second kappa shape index (κ2) is 9.34. The van der Waals surface area contributed by atoms with Crippen molar-refractivity contribution in [1.82, 2.24) is 10.2 Å². The van der Waals surface area contributed by atoms with Gasteiger partial charge in [-0.2, -0.15) is 0 Å². The number of nitrogens with zero attached hydrogens (tertiary/aromatic N) is 1. The van der Waals surface area contributed by atoms with E-state index < -0.39 is 0 Å². The van der Waals surface area contributed by atoms with Crippen molar-refractivity contribution in [3.05, 3.63) is 65.5 Å². The van der Waals surface area contributed by atoms with Crippen molar-refractivity contribution in [2.45, 2.75) is 25.3 Å². The largest absolute Gasteiger partial charge is 0.497 e. The van der Waals surface area contributed by atoms with Gasteiger partial charge in [-0.1, -0.05) is 31.2 Å². The first-order valence-electron chi connectivity index (χ1n) is 8.73. The molecular weight excluding hydrogens is 331 g/mol. The van der Waals surface area contributed by atoms with Crippen LogP contribution in [-0.4, -0.2) is 38.6 Å². The number of carbonyl (C=O) groups excluding carboxylic acids is 1. The molecule has 4 nitrogen and oxygen atoms in total. The number of methoxy groups -OCH3 is 1. The van der Waals surface area contributed by atoms with Crippen LogP contribution >= 0.6 is 0 Å². The number of likely N-dealkylation sites (N-methyl/N-ethyl adjacent to an activating group) is 1. The second-order valence-corrected chi connectivity index (χ2v) is 6.71. The summed E-state index contributed by atoms with van der Waals surface area (Å²) in [5, 5.41) is 3.02. The summed E-state index contributed by atoms with van der Waals surface area (Å²) in [7, 11) is 5.62. The van der Waals surface area contributed by atoms with Crippen molar-refractivity contribution in [3.63, 3.8) is 0 Å². The molecule has 0 bridgehead atoms. The van der Waals surface area contributed by atoms with E-state index in [-0.39, 0.29) is 23.7 Å². The average Bonchev–Trinajstić information content (AvgIpc) is 2.62. The lowest BCUT2D eigenvalue weighted by Gasteiger charge is -2.25. The summed E-state index contributed by atoms with van der Waals surface area (Å²) < 4.78 is 18.2. The van der Waals surface area contributed by atoms with E-state index in [4.69, 9.17) is 4.74 Å². The Morgan fingerprint density at radius 1 is 1.08 bits per heavy atom. The van der Waals surface area contributed by atoms with Crippen molar-refractivity contribution in [3.8, 4) is 5.75 Å². The molecule has 0 aliphatic heterocycles. The van der Waals surface area contributed by atoms with Gasteiger partial charge in [-0.3, -0.25) is 4.79 Å². The summed E-state index contributed by atoms with van der Waals surface area (Å²) in [4.78, 5) is 14.4. The van der Waals surface area contributed by atoms with E-state index in [0.717, 1.165) is 16.9 Å². The third-order valence-corrected chi connectivity index (χ3v) is 4.55. The lowest BCUT2D eigenvalue weighted by atomic mass is 9.97. The molecule has 2 unspecified atom stereocenters. The lowest BCUT2D eigenvalue weighted by molar-refractivity contribution is -0.121. The van der Waals surface area contributed by atoms with Gasteiger partial charge in [0.2, 0.25) is 5.91 Å². The Morgan fingerprint density at radius 3 is 2.19 bits per heavy atom. The first kappa shape index (κ1) is 19.9. The molecule has 0 fully saturated rings. The van der Waals surface area contributed by atoms with E-state index in [2.05, 4.69) is 10.2 Å². The van der Waals surface area contributed by atoms with E-state index in [1.165, 1.54) is 12.1 Å². The van der Waals surface area contributed by atoms with Crippen LogP contribution in [0.1, 0.15) is 36.4 Å². The Hall–Kier alpha value is -2.40. The van der Waals surface area contributed by atoms with Crippen molar-refractivity contribution in [2.24, 2.45) is 0 Å². The summed E-state index contributed by atoms with van der Waals surface area (Å²) in [5.41, 5.74) is 2.07. The molecule has 0 radical (unpaired) electrons. The van der Waals surface area contributed by atoms with E-state index >= 15 is 0 Å². The van der Waals surface area contributed by atoms with Gasteiger partial charge in [0.1, 0.15) is 11.6 Å². The number of halogens is 1. The number of hydrogen-bond donors (Lipinski definition) is 1. The van der Waals surface area contributed by atoms with Gasteiger partial charge < -0.3 is 15.0 Å². The first-order valence-corrected chi connectivity index (χ1v) is 8.73. The fourth-order valence-electron chi connectivity index (χ4n) is 2.89. The summed E-state index contributed by atoms with van der Waals surface area (Å²) in [6.07, 6.45) is 0.369. The predicted octanol–water partition coefficient (Wildman–Crippen LogP) is 3.75. The maximum absolute atomic E-state index is 13.0. The molecule has 2 aromatic rings. The third kappa shape index (κ3) is 5.56. The Balaban J connectivity index is 1.93. The van der Waals surface area contributed by atoms with E-state index in [1.54, 1.807) is 19.2 Å². The van der Waals surface area contributed by atoms with Crippen LogP contribution in [0.2, 0.25) is 0 Å². The third-order valence-electron chi connectivity index (χ3n) is 4.55. The van der Waals surface area contributed by atoms with E-state index in [1.807, 2.05) is 45.3 Å². The number of carbonyl (C=O) groups is 1. The van der Waals surface area contributed by atoms with Crippen molar-refractivity contribution < 1.29 is 13.9 Å². The fourth-order valence-corrected chi connectivity index (χ4v) is 2.89. The average molecular weight is 358 g/mol. The Kier molecular flexibility index (Phi) is 7.16. The minimum Gasteiger partial charge on any atom is -0.497 e. The predicted molar refractivity (Wildman–Crippen MR) is 102 cm³/mol. The molecule has 2 aromatic carbocycles. The zero-order chi connectivity index (χ0) is 19.1. The van der Waals surface area contributed by atoms with Crippen LogP contribution in [0, 0.1) is 5.82 Å². The molecule has 0 saturated heterocycles. The number of hydrogen-bond acceptors (Lipinski definition) is 3. The lowest BCUT2D eigenvalue weighted by Crippen LogP contribution is -2.34. The Bertz CT molecular complexity index is 699. The van der Waals surface area contributed by atoms with Crippen LogP contribution in [0.5, 0.6) is 5.75 Å². The highest BCUT2D eigenvalue weighted by Gasteiger charge is 2.17. The summed E-state index contributed by atoms with van der Waals surface area (Å²) in [6, 6.07) is 14.2. The quantitative estimate of drug-likeness (QED) is 0.781. The smallest absolute Gasteiger partial charge is 0.220 e. The Morgan fingerprint density at radius 2 is 1.65 bits per heavy atom. The van der Waals surface area contributed by atoms with Gasteiger partial charge in [0, 0.05) is 13.0 Å². The zero-order valence-electron chi connectivity index (χ0n) is 15.8. The second-order valence-electron chi connectivity index (χ2n) is 6.71. The molecule has 0 heterocycles. The summed E-state index contributed by atoms with van der Waals surface area (Å²) >= 11 is 0. The highest BCUT2D eigenvalue weighted by Crippen LogP contribution is 2.22. The van der Waals surface area contributed by atoms with Gasteiger partial charge in [-0.15, -0.1) is 0 Å². The SMILES string of the molecule is COc1ccc(C(CNC(=O)CC(C)c2ccc(F)cc2)N(C)C)cc1. The number of amides is 1. The van der Waals surface area contributed by atoms with Gasteiger partial charge in [0.15, 0.2) is 0 Å². The molecule has 26 heavy (non-hydrogen) atoms. The van der Waals surface area contributed by atoms with Crippen molar-refractivity contribution in [1.29, 1.82) is 0 Å². The standard InChI is InChI=1S/C21H27FN2O2/c1-15(16-5-9-18(22)10-6-16)13-21(25)23-14-20(24(2)3)17-7-11-19(26-4)12-8-17/h5-12,15,20H,13-14H2,1-4H3,(H,23,25). The van der Waals surface area contributed by atoms with Crippen LogP contribution < -0.4 is 10.1 Å². The fraction of sp³-hybridized carbons (Fsp3) is 0.381. The van der Waals surface area contributed by atoms with Gasteiger partial charge in [0.05, 0.1) is 13.2 Å². The minimum atomic E-state index is -0.265. The zero-order valence-corrected chi connectivity index (χ0v) is 15.8. The Labute approximate surface area is 155 Å². The molecule has 0 aromatic heterocycles. The molecule has 0 aliphatic rings. The molecule has 2 rings (SSSR count). The van der Waals surface area contributed by atoms with Crippen LogP contribution in [0.3, 0.4) is 0 Å². The molecule has 1 amide bonds. The molecule has 0 aliphatic carbocycles. The number of benzene rings is 2. The van der Waals surface area contributed by atoms with E-state index in [0.29, 0.717) is 13.0 Å². The van der Waals surface area contributed by atoms with Crippen molar-refractivity contribution >= 4 is 5.91 Å². The van der Waals surface area contributed by atoms with Crippen molar-refractivity contribution in [2.75, 3.05) is 27.7 Å². The highest BCUT2D eigenvalue weighted by atomic mass is 19.1. The molecule has 1 N–H and O–H groups in total. The molecule has 2 atom stereocenters. The monoisotopic (exact) mass is 358 g/mol. The maximum atomic E-state index is 13.0. The van der Waals surface area contributed by atoms with Gasteiger partial charge in [0.25, 0.3) is 0 Å². The molecular formula is C21H27FN2O2. The number of ether oxygens (including phenoxy) is 1. The number of nitrogens with one attached hydrogen (secondary N) is 1. The molecule has 140 valence electrons. The normalized spacial score (nSPS) is 13.3. The molecule has 5 heteroatoms. The number of rotatable bonds is 8. The minimum absolute atomic E-state index is 0.0119. The summed E-state index contributed by atoms with van der Waals surface area (Å²) in [6.45, 7) is 2.49. The molecule has 0 spiro atoms. The van der Waals surface area contributed by atoms with Crippen LogP contribution in [0.4, 0.5) is 4.39 Å². The first-order chi connectivity index (χ1) is 12.4. The van der Waals surface area contributed by atoms with Crippen LogP contribution in [0.15, 0.2) is 48.5 Å². The van der Waals surface area contributed by atoms with E-state index in [9.17, 15) is 9.18 Å². The van der Waals surface area contributed by atoms with Gasteiger partial charge >= 0.3 is 0 Å². The molecule has 0 saturated carbocycles.